The van der Waals surface area contributed by atoms with Gasteiger partial charge in [0.15, 0.2) is 0 Å². The third-order valence-corrected chi connectivity index (χ3v) is 1.54. The van der Waals surface area contributed by atoms with Gasteiger partial charge < -0.3 is 20.6 Å². The van der Waals surface area contributed by atoms with Gasteiger partial charge in [0.1, 0.15) is 0 Å². The van der Waals surface area contributed by atoms with Crippen molar-refractivity contribution in [3.63, 3.8) is 0 Å². The second-order valence-electron chi connectivity index (χ2n) is 2.13. The van der Waals surface area contributed by atoms with E-state index in [2.05, 4.69) is 4.18 Å². The Bertz CT molecular complexity index is 186. The molecule has 0 aliphatic carbocycles. The summed E-state index contributed by atoms with van der Waals surface area (Å²) in [4.78, 5) is 0. The Balaban J connectivity index is 3.91. The van der Waals surface area contributed by atoms with Crippen molar-refractivity contribution in [1.29, 1.82) is 0 Å². The summed E-state index contributed by atoms with van der Waals surface area (Å²) >= 11 is 0. The molecule has 0 aliphatic heterocycles. The lowest BCUT2D eigenvalue weighted by atomic mass is 10.3. The van der Waals surface area contributed by atoms with Crippen molar-refractivity contribution < 1.29 is 13.3 Å². The van der Waals surface area contributed by atoms with Gasteiger partial charge in [-0.1, -0.05) is 0 Å². The highest BCUT2D eigenvalue weighted by Gasteiger charge is 2.08. The molecule has 0 spiro atoms. The summed E-state index contributed by atoms with van der Waals surface area (Å²) in [6.45, 7) is 0.0308. The van der Waals surface area contributed by atoms with Crippen LogP contribution in [0.4, 0.5) is 0 Å². The molecular formula is C6H14N2O3S. The highest BCUT2D eigenvalue weighted by atomic mass is 32.3. The third-order valence-electron chi connectivity index (χ3n) is 0.973. The minimum absolute atomic E-state index is 0.0308. The summed E-state index contributed by atoms with van der Waals surface area (Å²) in [7, 11) is -2.92. The molecule has 0 aliphatic rings. The lowest BCUT2D eigenvalue weighted by molar-refractivity contribution is 0.291. The minimum atomic E-state index is -2.92. The predicted octanol–water partition coefficient (Wildman–Crippen LogP) is 0.613. The summed E-state index contributed by atoms with van der Waals surface area (Å²) in [5, 5.41) is 0. The van der Waals surface area contributed by atoms with Gasteiger partial charge in [-0.25, -0.2) is 0 Å². The van der Waals surface area contributed by atoms with E-state index in [0.717, 1.165) is 0 Å². The first-order chi connectivity index (χ1) is 5.49. The molecule has 0 saturated carbocycles. The molecule has 0 radical (unpaired) electrons. The fraction of sp³-hybridized carbons (Fsp3) is 0.333. The van der Waals surface area contributed by atoms with Crippen LogP contribution in [0.25, 0.3) is 0 Å². The maximum atomic E-state index is 8.82. The fourth-order valence-electron chi connectivity index (χ4n) is 0.455. The van der Waals surface area contributed by atoms with E-state index >= 15 is 0 Å². The molecule has 0 aromatic rings. The van der Waals surface area contributed by atoms with E-state index in [1.807, 2.05) is 0 Å². The lowest BCUT2D eigenvalue weighted by Gasteiger charge is -2.20. The average Bonchev–Trinajstić information content (AvgIpc) is 1.96. The van der Waals surface area contributed by atoms with Crippen molar-refractivity contribution in [3.8, 4) is 0 Å². The SMILES string of the molecule is CS(O)(O)OCC(/C=C\N)=C/N. The first kappa shape index (κ1) is 11.3. The zero-order chi connectivity index (χ0) is 9.61. The van der Waals surface area contributed by atoms with E-state index in [4.69, 9.17) is 20.6 Å². The molecule has 0 bridgehead atoms. The molecule has 72 valence electrons. The fourth-order valence-corrected chi connectivity index (χ4v) is 0.814. The second kappa shape index (κ2) is 5.04. The summed E-state index contributed by atoms with van der Waals surface area (Å²) < 4.78 is 22.3. The van der Waals surface area contributed by atoms with Crippen LogP contribution in [-0.4, -0.2) is 22.0 Å². The van der Waals surface area contributed by atoms with Gasteiger partial charge in [0.25, 0.3) is 0 Å². The molecule has 0 amide bonds. The monoisotopic (exact) mass is 194 g/mol. The van der Waals surface area contributed by atoms with Crippen molar-refractivity contribution in [2.45, 2.75) is 0 Å². The summed E-state index contributed by atoms with van der Waals surface area (Å²) in [6.07, 6.45) is 5.29. The van der Waals surface area contributed by atoms with Crippen molar-refractivity contribution in [2.24, 2.45) is 11.5 Å². The molecule has 0 atom stereocenters. The van der Waals surface area contributed by atoms with Crippen molar-refractivity contribution >= 4 is 10.9 Å². The van der Waals surface area contributed by atoms with Gasteiger partial charge in [-0.05, 0) is 24.0 Å². The Morgan fingerprint density at radius 3 is 2.42 bits per heavy atom. The molecular weight excluding hydrogens is 180 g/mol. The Labute approximate surface area is 73.3 Å². The Hall–Kier alpha value is -0.690. The van der Waals surface area contributed by atoms with Gasteiger partial charge >= 0.3 is 0 Å². The average molecular weight is 194 g/mol. The number of nitrogens with two attached hydrogens (primary N) is 2. The Morgan fingerprint density at radius 1 is 1.50 bits per heavy atom. The zero-order valence-corrected chi connectivity index (χ0v) is 7.62. The number of hydrogen-bond donors (Lipinski definition) is 4. The maximum absolute atomic E-state index is 8.82. The molecule has 0 saturated heterocycles. The molecule has 12 heavy (non-hydrogen) atoms. The molecule has 0 unspecified atom stereocenters. The van der Waals surface area contributed by atoms with Crippen LogP contribution in [0.2, 0.25) is 0 Å². The predicted molar refractivity (Wildman–Crippen MR) is 50.3 cm³/mol. The molecule has 0 rings (SSSR count). The quantitative estimate of drug-likeness (QED) is 0.491. The molecule has 6 heteroatoms. The van der Waals surface area contributed by atoms with Gasteiger partial charge in [0.05, 0.1) is 17.5 Å². The molecule has 0 fully saturated rings. The topological polar surface area (TPSA) is 102 Å². The molecule has 0 aromatic heterocycles. The van der Waals surface area contributed by atoms with E-state index < -0.39 is 10.9 Å². The van der Waals surface area contributed by atoms with E-state index in [1.54, 1.807) is 0 Å². The Kier molecular flexibility index (Phi) is 4.75. The van der Waals surface area contributed by atoms with Crippen LogP contribution < -0.4 is 11.5 Å². The normalized spacial score (nSPS) is 15.4. The number of hydrogen-bond acceptors (Lipinski definition) is 5. The van der Waals surface area contributed by atoms with E-state index in [1.165, 1.54) is 24.7 Å². The van der Waals surface area contributed by atoms with Crippen molar-refractivity contribution in [2.75, 3.05) is 12.9 Å². The van der Waals surface area contributed by atoms with Crippen LogP contribution in [0.15, 0.2) is 24.0 Å². The first-order valence-electron chi connectivity index (χ1n) is 3.16. The summed E-state index contributed by atoms with van der Waals surface area (Å²) in [5.41, 5.74) is 10.9. The van der Waals surface area contributed by atoms with Crippen LogP contribution in [0.1, 0.15) is 0 Å². The van der Waals surface area contributed by atoms with Crippen LogP contribution in [-0.2, 0) is 4.18 Å². The third kappa shape index (κ3) is 6.05. The Morgan fingerprint density at radius 2 is 2.08 bits per heavy atom. The summed E-state index contributed by atoms with van der Waals surface area (Å²) in [5.74, 6) is 0. The highest BCUT2D eigenvalue weighted by molar-refractivity contribution is 8.19. The van der Waals surface area contributed by atoms with E-state index in [9.17, 15) is 0 Å². The second-order valence-corrected chi connectivity index (χ2v) is 3.89. The van der Waals surface area contributed by atoms with Gasteiger partial charge in [0.2, 0.25) is 0 Å². The van der Waals surface area contributed by atoms with Crippen molar-refractivity contribution in [1.82, 2.24) is 0 Å². The van der Waals surface area contributed by atoms with Gasteiger partial charge in [0, 0.05) is 6.26 Å². The van der Waals surface area contributed by atoms with E-state index in [0.29, 0.717) is 5.57 Å². The molecule has 0 heterocycles. The van der Waals surface area contributed by atoms with Crippen LogP contribution in [0.3, 0.4) is 0 Å². The van der Waals surface area contributed by atoms with E-state index in [-0.39, 0.29) is 6.61 Å². The zero-order valence-electron chi connectivity index (χ0n) is 6.80. The minimum Gasteiger partial charge on any atom is -0.405 e. The van der Waals surface area contributed by atoms with Gasteiger partial charge in [-0.15, -0.1) is 0 Å². The van der Waals surface area contributed by atoms with Crippen molar-refractivity contribution in [3.05, 3.63) is 24.0 Å². The van der Waals surface area contributed by atoms with Crippen LogP contribution >= 0.6 is 10.9 Å². The van der Waals surface area contributed by atoms with Gasteiger partial charge in [-0.3, -0.25) is 4.18 Å². The number of rotatable bonds is 4. The first-order valence-corrected chi connectivity index (χ1v) is 5.04. The van der Waals surface area contributed by atoms with Crippen LogP contribution in [0.5, 0.6) is 0 Å². The lowest BCUT2D eigenvalue weighted by Crippen LogP contribution is -2.04. The maximum Gasteiger partial charge on any atom is 0.0905 e. The standard InChI is InChI=1S/C6H14N2O3S/c1-12(9,10)11-5-6(4-8)2-3-7/h2-4,9-10H,5,7-8H2,1H3/b3-2-,6-4+. The molecule has 5 nitrogen and oxygen atoms in total. The highest BCUT2D eigenvalue weighted by Crippen LogP contribution is 2.34. The largest absolute Gasteiger partial charge is 0.405 e. The molecule has 0 aromatic carbocycles. The van der Waals surface area contributed by atoms with Gasteiger partial charge in [-0.2, -0.15) is 0 Å². The summed E-state index contributed by atoms with van der Waals surface area (Å²) in [6, 6.07) is 0. The molecule has 6 N–H and O–H groups in total. The van der Waals surface area contributed by atoms with Crippen LogP contribution in [0, 0.1) is 0 Å². The smallest absolute Gasteiger partial charge is 0.0905 e.